The van der Waals surface area contributed by atoms with Gasteiger partial charge in [-0.1, -0.05) is 125 Å². The molecule has 0 saturated heterocycles. The molecule has 5 N–H and O–H groups in total. The maximum atomic E-state index is 11.7. The zero-order valence-electron chi connectivity index (χ0n) is 36.3. The average molecular weight is 930 g/mol. The van der Waals surface area contributed by atoms with Crippen LogP contribution in [-0.2, 0) is 41.5 Å². The molecule has 0 bridgehead atoms. The van der Waals surface area contributed by atoms with Gasteiger partial charge in [-0.2, -0.15) is 4.98 Å². The third-order valence-corrected chi connectivity index (χ3v) is 8.95. The number of nitrogens with zero attached hydrogens (tertiary/aromatic N) is 1. The summed E-state index contributed by atoms with van der Waals surface area (Å²) in [5, 5.41) is 13.3. The highest BCUT2D eigenvalue weighted by Crippen LogP contribution is 2.22. The third kappa shape index (κ3) is 21.3. The number of alkyl halides is 1. The predicted octanol–water partition coefficient (Wildman–Crippen LogP) is 7.94. The van der Waals surface area contributed by atoms with E-state index in [0.717, 1.165) is 33.4 Å². The summed E-state index contributed by atoms with van der Waals surface area (Å²) in [5.74, 6) is -1.77. The first-order valence-corrected chi connectivity index (χ1v) is 21.4. The average Bonchev–Trinajstić information content (AvgIpc) is 3.73. The summed E-state index contributed by atoms with van der Waals surface area (Å²) >= 11 is 2.83. The van der Waals surface area contributed by atoms with Gasteiger partial charge in [0.1, 0.15) is 17.8 Å². The van der Waals surface area contributed by atoms with Crippen LogP contribution in [0.5, 0.6) is 0 Å². The number of halogens is 1. The summed E-state index contributed by atoms with van der Waals surface area (Å²) < 4.78 is 14.6. The molecule has 0 aliphatic carbocycles. The van der Waals surface area contributed by atoms with Gasteiger partial charge in [0.15, 0.2) is 5.69 Å². The van der Waals surface area contributed by atoms with E-state index in [0.29, 0.717) is 19.3 Å². The van der Waals surface area contributed by atoms with Gasteiger partial charge in [0.05, 0.1) is 18.5 Å². The number of carbonyl (C=O) groups is 6. The van der Waals surface area contributed by atoms with E-state index in [1.54, 1.807) is 27.7 Å². The predicted molar refractivity (Wildman–Crippen MR) is 246 cm³/mol. The number of carbonyl (C=O) groups excluding carboxylic acids is 6. The van der Waals surface area contributed by atoms with Gasteiger partial charge in [0.25, 0.3) is 6.01 Å². The molecule has 336 valence electrons. The number of Topliss-reactive ketones (excluding diaryl/α,β-unsaturated/α-hetero) is 3. The first kappa shape index (κ1) is 52.7. The molecule has 0 aliphatic rings. The zero-order chi connectivity index (χ0) is 46.6. The van der Waals surface area contributed by atoms with Gasteiger partial charge in [-0.25, -0.2) is 14.4 Å². The number of aliphatic hydroxyl groups excluding tert-OH is 1. The maximum Gasteiger partial charge on any atom is 0.375 e. The molecule has 5 aromatic rings. The first-order valence-electron chi connectivity index (χ1n) is 20.3. The molecule has 0 radical (unpaired) electrons. The fourth-order valence-electron chi connectivity index (χ4n) is 5.82. The molecular formula is C48H57BrN4O10. The minimum atomic E-state index is -0.769. The number of oxazole rings is 1. The van der Waals surface area contributed by atoms with Gasteiger partial charge in [-0.15, -0.1) is 0 Å². The number of hydrogen-bond acceptors (Lipinski definition) is 12. The number of nitrogens with two attached hydrogens (primary N) is 1. The minimum Gasteiger partial charge on any atom is -0.461 e. The highest BCUT2D eigenvalue weighted by Gasteiger charge is 2.19. The summed E-state index contributed by atoms with van der Waals surface area (Å²) in [6.45, 7) is 8.88. The number of hydrogen-bond donors (Lipinski definition) is 4. The standard InChI is InChI=1S/C23H24N2O4.C18H20N2O2.C5H7BrO3.C2H6O/c1-3-28-22(27)21-15-29-23(25-21)24-20(13-16(2)26)14-17-9-11-19(12-10-17)18-7-5-4-6-8-18;1-13(21)11-17(20-18(19)22)12-14-7-9-16(10-8-14)15-5-3-2-4-6-15;1-2-9-5(8)4(7)3-6;1-2-3/h4-12,15,20H,3,13-14H2,1-2H3,(H,24,25);2-10,17H,11-12H2,1H3,(H3,19,20,22);2-3H2,1H3;3H,2H2,1H3/t20-;17-;;/m00../s1. The van der Waals surface area contributed by atoms with Crippen LogP contribution in [0.3, 0.4) is 0 Å². The van der Waals surface area contributed by atoms with Crippen molar-refractivity contribution in [2.75, 3.05) is 30.5 Å². The van der Waals surface area contributed by atoms with Gasteiger partial charge < -0.3 is 35.4 Å². The van der Waals surface area contributed by atoms with Gasteiger partial charge >= 0.3 is 18.0 Å². The van der Waals surface area contributed by atoms with Crippen LogP contribution < -0.4 is 16.4 Å². The monoisotopic (exact) mass is 928 g/mol. The molecule has 63 heavy (non-hydrogen) atoms. The van der Waals surface area contributed by atoms with Gasteiger partial charge in [-0.3, -0.25) is 14.4 Å². The van der Waals surface area contributed by atoms with Gasteiger partial charge in [-0.05, 0) is 80.8 Å². The number of ketones is 3. The number of rotatable bonds is 18. The number of aromatic nitrogens is 1. The lowest BCUT2D eigenvalue weighted by Gasteiger charge is -2.16. The Kier molecular flexibility index (Phi) is 24.9. The first-order chi connectivity index (χ1) is 30.2. The van der Waals surface area contributed by atoms with Crippen molar-refractivity contribution in [3.8, 4) is 22.3 Å². The number of anilines is 1. The molecule has 0 saturated carbocycles. The quantitative estimate of drug-likeness (QED) is 0.0374. The van der Waals surface area contributed by atoms with Crippen LogP contribution in [0.4, 0.5) is 10.8 Å². The van der Waals surface area contributed by atoms with Crippen molar-refractivity contribution in [2.45, 2.75) is 72.4 Å². The van der Waals surface area contributed by atoms with E-state index in [1.165, 1.54) is 13.2 Å². The normalized spacial score (nSPS) is 11.0. The summed E-state index contributed by atoms with van der Waals surface area (Å²) in [6, 6.07) is 35.7. The van der Waals surface area contributed by atoms with Crippen LogP contribution in [-0.4, -0.2) is 82.6 Å². The molecule has 0 unspecified atom stereocenters. The number of primary amides is 1. The molecule has 0 aliphatic heterocycles. The van der Waals surface area contributed by atoms with Gasteiger partial charge in [0, 0.05) is 31.5 Å². The van der Waals surface area contributed by atoms with E-state index in [2.05, 4.69) is 84.8 Å². The second kappa shape index (κ2) is 29.7. The SMILES string of the molecule is CC(=O)C[C@@H](Cc1ccc(-c2ccccc2)cc1)NC(N)=O.CCO.CCOC(=O)C(=O)CBr.CCOC(=O)c1coc(N[C@@H](CC(C)=O)Cc2ccc(-c3ccccc3)cc2)n1. The zero-order valence-corrected chi connectivity index (χ0v) is 37.9. The van der Waals surface area contributed by atoms with Crippen LogP contribution >= 0.6 is 15.9 Å². The van der Waals surface area contributed by atoms with Crippen molar-refractivity contribution >= 4 is 57.3 Å². The van der Waals surface area contributed by atoms with Crippen LogP contribution in [0, 0.1) is 0 Å². The van der Waals surface area contributed by atoms with Crippen LogP contribution in [0.25, 0.3) is 22.3 Å². The van der Waals surface area contributed by atoms with E-state index in [9.17, 15) is 28.8 Å². The Hall–Kier alpha value is -6.45. The molecule has 0 spiro atoms. The second-order valence-corrected chi connectivity index (χ2v) is 14.3. The summed E-state index contributed by atoms with van der Waals surface area (Å²) in [5.41, 5.74) is 12.0. The molecule has 2 amide bonds. The van der Waals surface area contributed by atoms with Crippen molar-refractivity contribution in [1.29, 1.82) is 0 Å². The fourth-order valence-corrected chi connectivity index (χ4v) is 6.05. The Morgan fingerprint density at radius 1 is 0.683 bits per heavy atom. The van der Waals surface area contributed by atoms with E-state index < -0.39 is 23.8 Å². The molecule has 4 aromatic carbocycles. The molecule has 5 rings (SSSR count). The number of amides is 2. The largest absolute Gasteiger partial charge is 0.461 e. The van der Waals surface area contributed by atoms with Crippen molar-refractivity contribution in [3.05, 3.63) is 132 Å². The topological polar surface area (TPSA) is 217 Å². The van der Waals surface area contributed by atoms with Crippen molar-refractivity contribution in [2.24, 2.45) is 5.73 Å². The summed E-state index contributed by atoms with van der Waals surface area (Å²) in [4.78, 5) is 70.6. The Morgan fingerprint density at radius 2 is 1.11 bits per heavy atom. The molecule has 1 aromatic heterocycles. The second-order valence-electron chi connectivity index (χ2n) is 13.7. The molecule has 0 fully saturated rings. The smallest absolute Gasteiger partial charge is 0.375 e. The number of aliphatic hydroxyl groups is 1. The van der Waals surface area contributed by atoms with E-state index in [4.69, 9.17) is 20.0 Å². The lowest BCUT2D eigenvalue weighted by Crippen LogP contribution is -2.40. The molecule has 15 heteroatoms. The van der Waals surface area contributed by atoms with Crippen molar-refractivity contribution in [3.63, 3.8) is 0 Å². The third-order valence-electron chi connectivity index (χ3n) is 8.44. The molecule has 14 nitrogen and oxygen atoms in total. The van der Waals surface area contributed by atoms with E-state index >= 15 is 0 Å². The highest BCUT2D eigenvalue weighted by atomic mass is 79.9. The number of nitrogens with one attached hydrogen (secondary N) is 2. The Morgan fingerprint density at radius 3 is 1.52 bits per heavy atom. The Labute approximate surface area is 377 Å². The summed E-state index contributed by atoms with van der Waals surface area (Å²) in [6.07, 6.45) is 3.05. The maximum absolute atomic E-state index is 11.7. The fraction of sp³-hybridized carbons (Fsp3) is 0.312. The molecular weight excluding hydrogens is 872 g/mol. The molecule has 2 atom stereocenters. The Balaban J connectivity index is 0.000000353. The van der Waals surface area contributed by atoms with Crippen LogP contribution in [0.1, 0.15) is 69.1 Å². The summed E-state index contributed by atoms with van der Waals surface area (Å²) in [7, 11) is 0. The van der Waals surface area contributed by atoms with E-state index in [1.807, 2.05) is 60.7 Å². The molecule has 1 heterocycles. The van der Waals surface area contributed by atoms with Gasteiger partial charge in [0.2, 0.25) is 5.78 Å². The van der Waals surface area contributed by atoms with Crippen LogP contribution in [0.15, 0.2) is 120 Å². The number of ether oxygens (including phenoxy) is 2. The van der Waals surface area contributed by atoms with E-state index in [-0.39, 0.29) is 66.9 Å². The highest BCUT2D eigenvalue weighted by molar-refractivity contribution is 9.09. The minimum absolute atomic E-state index is 0.0275. The van der Waals surface area contributed by atoms with Crippen molar-refractivity contribution < 1.29 is 47.8 Å². The van der Waals surface area contributed by atoms with Crippen molar-refractivity contribution in [1.82, 2.24) is 10.3 Å². The van der Waals surface area contributed by atoms with Crippen LogP contribution in [0.2, 0.25) is 0 Å². The lowest BCUT2D eigenvalue weighted by atomic mass is 9.98. The Bertz CT molecular complexity index is 2130. The number of urea groups is 1. The number of esters is 2. The lowest BCUT2D eigenvalue weighted by molar-refractivity contribution is -0.152. The number of benzene rings is 4.